The second-order valence-electron chi connectivity index (χ2n) is 4.70. The third kappa shape index (κ3) is 7.50. The molecule has 0 aliphatic carbocycles. The summed E-state index contributed by atoms with van der Waals surface area (Å²) >= 11 is 0. The molecule has 5 atom stereocenters. The van der Waals surface area contributed by atoms with Crippen LogP contribution >= 0.6 is 7.60 Å². The summed E-state index contributed by atoms with van der Waals surface area (Å²) < 4.78 is 16.5. The minimum absolute atomic E-state index is 0. The molecule has 16 heteroatoms. The number of aliphatic hydroxyl groups excluding tert-OH is 3. The van der Waals surface area contributed by atoms with Gasteiger partial charge in [0.1, 0.15) is 24.0 Å². The van der Waals surface area contributed by atoms with Gasteiger partial charge in [-0.25, -0.2) is 4.68 Å². The number of aromatic nitrogens is 3. The summed E-state index contributed by atoms with van der Waals surface area (Å²) in [5.74, 6) is -1.63. The third-order valence-electron chi connectivity index (χ3n) is 3.05. The van der Waals surface area contributed by atoms with E-state index < -0.39 is 56.1 Å². The number of carbonyl (C=O) groups excluding carboxylic acids is 1. The predicted octanol–water partition coefficient (Wildman–Crippen LogP) is -14.5. The topological polar surface area (TPSA) is 204 Å². The fourth-order valence-corrected chi connectivity index (χ4v) is 2.72. The summed E-state index contributed by atoms with van der Waals surface area (Å²) in [7, 11) is -5.06. The molecule has 1 aliphatic rings. The predicted molar refractivity (Wildman–Crippen MR) is 58.8 cm³/mol. The number of carboxylic acid groups (broad SMARTS) is 1. The van der Waals surface area contributed by atoms with E-state index in [-0.39, 0.29) is 88.7 Å². The van der Waals surface area contributed by atoms with Crippen molar-refractivity contribution in [3.8, 4) is 0 Å². The van der Waals surface area contributed by atoms with E-state index in [9.17, 15) is 39.6 Å². The Bertz CT molecular complexity index is 614. The van der Waals surface area contributed by atoms with Crippen molar-refractivity contribution in [2.75, 3.05) is 6.16 Å². The molecule has 0 radical (unpaired) electrons. The SMILES string of the molecule is O=C([O-])c1cn([C@@H]2O[C@H]([C@H](O)CP(=O)([O-])[O-])[C@@H](O)[C@H]2O)nn1.[Na+].[Na+].[Na+]. The van der Waals surface area contributed by atoms with Crippen LogP contribution in [0.3, 0.4) is 0 Å². The van der Waals surface area contributed by atoms with Crippen LogP contribution in [0.15, 0.2) is 6.20 Å². The van der Waals surface area contributed by atoms with Crippen LogP contribution in [0.25, 0.3) is 0 Å². The number of hydrogen-bond donors (Lipinski definition) is 3. The first-order chi connectivity index (χ1) is 10.1. The molecule has 0 amide bonds. The second kappa shape index (κ2) is 11.6. The fourth-order valence-electron chi connectivity index (χ4n) is 2.05. The van der Waals surface area contributed by atoms with Gasteiger partial charge in [-0.3, -0.25) is 0 Å². The Morgan fingerprint density at radius 3 is 2.32 bits per heavy atom. The second-order valence-corrected chi connectivity index (χ2v) is 6.29. The standard InChI is InChI=1S/C9H14N3O9P.3Na/c13-4(2-22(18,19)20)7-5(14)6(15)8(21-7)12-1-3(9(16)17)10-11-12;;;/h1,4-8,13-15H,2H2,(H,16,17)(H2,18,19,20);;;/q;3*+1/p-3/t4-,5+,6-,7-,8-;;;/m1.../s1. The maximum Gasteiger partial charge on any atom is 1.00 e. The van der Waals surface area contributed by atoms with Gasteiger partial charge >= 0.3 is 88.7 Å². The van der Waals surface area contributed by atoms with Crippen molar-refractivity contribution in [1.29, 1.82) is 0 Å². The Balaban J connectivity index is 0. The maximum absolute atomic E-state index is 10.6. The molecule has 1 aliphatic heterocycles. The van der Waals surface area contributed by atoms with Gasteiger partial charge in [0.15, 0.2) is 6.23 Å². The number of carbonyl (C=O) groups is 1. The third-order valence-corrected chi connectivity index (χ3v) is 3.87. The number of nitrogens with zero attached hydrogens (tertiary/aromatic N) is 3. The van der Waals surface area contributed by atoms with Gasteiger partial charge in [-0.1, -0.05) is 12.8 Å². The molecule has 0 bridgehead atoms. The van der Waals surface area contributed by atoms with Crippen LogP contribution in [-0.4, -0.2) is 66.9 Å². The van der Waals surface area contributed by atoms with Gasteiger partial charge < -0.3 is 44.3 Å². The quantitative estimate of drug-likeness (QED) is 0.310. The number of rotatable bonds is 5. The van der Waals surface area contributed by atoms with Gasteiger partial charge in [-0.05, 0) is 0 Å². The zero-order valence-electron chi connectivity index (χ0n) is 13.8. The van der Waals surface area contributed by atoms with E-state index >= 15 is 0 Å². The van der Waals surface area contributed by atoms with Crippen LogP contribution in [0, 0.1) is 0 Å². The van der Waals surface area contributed by atoms with Gasteiger partial charge in [-0.15, -0.1) is 5.10 Å². The Morgan fingerprint density at radius 1 is 1.32 bits per heavy atom. The number of aliphatic hydroxyl groups is 3. The maximum atomic E-state index is 10.6. The fraction of sp³-hybridized carbons (Fsp3) is 0.667. The largest absolute Gasteiger partial charge is 1.00 e. The molecule has 1 aromatic heterocycles. The zero-order chi connectivity index (χ0) is 16.7. The van der Waals surface area contributed by atoms with Crippen LogP contribution in [0.5, 0.6) is 0 Å². The molecule has 0 aromatic carbocycles. The molecule has 25 heavy (non-hydrogen) atoms. The molecule has 124 valence electrons. The molecular weight excluding hydrogens is 394 g/mol. The summed E-state index contributed by atoms with van der Waals surface area (Å²) in [5, 5.41) is 46.3. The molecule has 2 rings (SSSR count). The summed E-state index contributed by atoms with van der Waals surface area (Å²) in [6.07, 6.45) is -8.60. The van der Waals surface area contributed by atoms with Gasteiger partial charge in [0.05, 0.1) is 18.3 Å². The summed E-state index contributed by atoms with van der Waals surface area (Å²) in [6.45, 7) is 0. The summed E-state index contributed by atoms with van der Waals surface area (Å²) in [4.78, 5) is 31.8. The van der Waals surface area contributed by atoms with Gasteiger partial charge in [0.25, 0.3) is 0 Å². The van der Waals surface area contributed by atoms with Crippen LogP contribution in [-0.2, 0) is 9.30 Å². The minimum Gasteiger partial charge on any atom is -0.811 e. The first-order valence-electron chi connectivity index (χ1n) is 5.94. The van der Waals surface area contributed by atoms with Gasteiger partial charge in [-0.2, -0.15) is 0 Å². The van der Waals surface area contributed by atoms with Crippen LogP contribution in [0.4, 0.5) is 0 Å². The van der Waals surface area contributed by atoms with E-state index in [1.807, 2.05) is 0 Å². The normalized spacial score (nSPS) is 26.8. The van der Waals surface area contributed by atoms with E-state index in [2.05, 4.69) is 10.3 Å². The molecule has 1 aromatic rings. The van der Waals surface area contributed by atoms with E-state index in [1.54, 1.807) is 0 Å². The smallest absolute Gasteiger partial charge is 0.811 e. The van der Waals surface area contributed by atoms with Crippen molar-refractivity contribution in [3.05, 3.63) is 11.9 Å². The number of hydrogen-bond acceptors (Lipinski definition) is 11. The number of aromatic carboxylic acids is 1. The average Bonchev–Trinajstić information content (AvgIpc) is 2.94. The first kappa shape index (κ1) is 28.8. The molecule has 3 N–H and O–H groups in total. The van der Waals surface area contributed by atoms with Crippen molar-refractivity contribution in [3.63, 3.8) is 0 Å². The van der Waals surface area contributed by atoms with E-state index in [0.29, 0.717) is 0 Å². The summed E-state index contributed by atoms with van der Waals surface area (Å²) in [5.41, 5.74) is -0.557. The molecule has 1 fully saturated rings. The Kier molecular flexibility index (Phi) is 13.3. The molecule has 0 unspecified atom stereocenters. The van der Waals surface area contributed by atoms with Gasteiger partial charge in [0.2, 0.25) is 0 Å². The van der Waals surface area contributed by atoms with Crippen molar-refractivity contribution in [2.24, 2.45) is 0 Å². The molecule has 0 spiro atoms. The van der Waals surface area contributed by atoms with Crippen molar-refractivity contribution in [1.82, 2.24) is 15.0 Å². The van der Waals surface area contributed by atoms with E-state index in [1.165, 1.54) is 0 Å². The Labute approximate surface area is 208 Å². The van der Waals surface area contributed by atoms with Crippen LogP contribution in [0.1, 0.15) is 16.7 Å². The van der Waals surface area contributed by atoms with E-state index in [4.69, 9.17) is 4.74 Å². The van der Waals surface area contributed by atoms with E-state index in [0.717, 1.165) is 10.9 Å². The molecule has 12 nitrogen and oxygen atoms in total. The van der Waals surface area contributed by atoms with Crippen LogP contribution in [0.2, 0.25) is 0 Å². The number of ether oxygens (including phenoxy) is 1. The minimum atomic E-state index is -5.06. The van der Waals surface area contributed by atoms with Crippen LogP contribution < -0.4 is 104 Å². The molecular formula is C9H11N3Na3O9P. The van der Waals surface area contributed by atoms with Crippen molar-refractivity contribution in [2.45, 2.75) is 30.6 Å². The molecule has 2 heterocycles. The molecule has 0 saturated carbocycles. The van der Waals surface area contributed by atoms with Gasteiger partial charge in [0, 0.05) is 6.16 Å². The van der Waals surface area contributed by atoms with Crippen molar-refractivity contribution >= 4 is 13.6 Å². The molecule has 1 saturated heterocycles. The van der Waals surface area contributed by atoms with Crippen molar-refractivity contribution < 1.29 is 133 Å². The number of carboxylic acids is 1. The Morgan fingerprint density at radius 2 is 1.88 bits per heavy atom. The average molecular weight is 405 g/mol. The monoisotopic (exact) mass is 405 g/mol. The zero-order valence-corrected chi connectivity index (χ0v) is 20.6. The Hall–Kier alpha value is 1.60. The summed E-state index contributed by atoms with van der Waals surface area (Å²) in [6, 6.07) is 0. The first-order valence-corrected chi connectivity index (χ1v) is 7.67.